The van der Waals surface area contributed by atoms with E-state index in [9.17, 15) is 9.59 Å². The summed E-state index contributed by atoms with van der Waals surface area (Å²) in [7, 11) is 0. The minimum Gasteiger partial charge on any atom is -0.324 e. The maximum absolute atomic E-state index is 12.4. The number of carbonyl (C=O) groups excluding carboxylic acids is 1. The van der Waals surface area contributed by atoms with Crippen LogP contribution in [0.3, 0.4) is 0 Å². The predicted octanol–water partition coefficient (Wildman–Crippen LogP) is 2.77. The number of nitrogens with one attached hydrogen (secondary N) is 1. The molecule has 0 aliphatic heterocycles. The van der Waals surface area contributed by atoms with Gasteiger partial charge in [-0.25, -0.2) is 4.68 Å². The third-order valence-electron chi connectivity index (χ3n) is 4.56. The van der Waals surface area contributed by atoms with E-state index in [1.165, 1.54) is 4.68 Å². The third kappa shape index (κ3) is 3.55. The largest absolute Gasteiger partial charge is 0.324 e. The molecule has 0 fully saturated rings. The average Bonchev–Trinajstić information content (AvgIpc) is 2.76. The molecule has 0 bridgehead atoms. The van der Waals surface area contributed by atoms with Gasteiger partial charge in [-0.05, 0) is 56.2 Å². The van der Waals surface area contributed by atoms with Crippen LogP contribution in [0.1, 0.15) is 41.6 Å². The molecular weight excluding hydrogens is 302 g/mol. The Morgan fingerprint density at radius 1 is 1.17 bits per heavy atom. The monoisotopic (exact) mass is 325 g/mol. The number of benzene rings is 1. The van der Waals surface area contributed by atoms with Crippen molar-refractivity contribution in [1.29, 1.82) is 0 Å². The molecule has 1 amide bonds. The minimum atomic E-state index is -0.226. The normalized spacial score (nSPS) is 13.9. The number of amides is 1. The summed E-state index contributed by atoms with van der Waals surface area (Å²) < 4.78 is 1.28. The number of carbonyl (C=O) groups is 1. The summed E-state index contributed by atoms with van der Waals surface area (Å²) in [6.45, 7) is 3.85. The first-order valence-electron chi connectivity index (χ1n) is 8.50. The second-order valence-electron chi connectivity index (χ2n) is 6.49. The van der Waals surface area contributed by atoms with Crippen LogP contribution in [0, 0.1) is 13.8 Å². The van der Waals surface area contributed by atoms with Crippen molar-refractivity contribution in [3.63, 3.8) is 0 Å². The molecule has 1 heterocycles. The quantitative estimate of drug-likeness (QED) is 0.883. The van der Waals surface area contributed by atoms with Gasteiger partial charge in [-0.3, -0.25) is 9.59 Å². The van der Waals surface area contributed by atoms with Crippen LogP contribution < -0.4 is 10.9 Å². The lowest BCUT2D eigenvalue weighted by atomic mass is 10.1. The van der Waals surface area contributed by atoms with Crippen LogP contribution >= 0.6 is 0 Å². The van der Waals surface area contributed by atoms with Gasteiger partial charge in [0.1, 0.15) is 6.54 Å². The van der Waals surface area contributed by atoms with Crippen molar-refractivity contribution in [3.05, 3.63) is 57.0 Å². The van der Waals surface area contributed by atoms with E-state index in [1.807, 2.05) is 32.0 Å². The van der Waals surface area contributed by atoms with Crippen LogP contribution in [0.25, 0.3) is 0 Å². The Morgan fingerprint density at radius 3 is 2.62 bits per heavy atom. The highest BCUT2D eigenvalue weighted by Crippen LogP contribution is 2.19. The lowest BCUT2D eigenvalue weighted by molar-refractivity contribution is -0.117. The van der Waals surface area contributed by atoms with Gasteiger partial charge in [-0.15, -0.1) is 0 Å². The van der Waals surface area contributed by atoms with Crippen molar-refractivity contribution in [3.8, 4) is 0 Å². The molecule has 2 aromatic rings. The van der Waals surface area contributed by atoms with Crippen LogP contribution in [0.15, 0.2) is 29.1 Å². The Bertz CT molecular complexity index is 804. The Labute approximate surface area is 141 Å². The number of anilines is 1. The van der Waals surface area contributed by atoms with E-state index in [0.717, 1.165) is 60.2 Å². The highest BCUT2D eigenvalue weighted by molar-refractivity contribution is 5.92. The second kappa shape index (κ2) is 6.99. The van der Waals surface area contributed by atoms with Gasteiger partial charge in [-0.2, -0.15) is 5.10 Å². The number of nitrogens with zero attached hydrogens (tertiary/aromatic N) is 2. The van der Waals surface area contributed by atoms with E-state index in [4.69, 9.17) is 0 Å². The highest BCUT2D eigenvalue weighted by Gasteiger charge is 2.14. The Hall–Kier alpha value is -2.43. The number of hydrogen-bond donors (Lipinski definition) is 1. The maximum Gasteiger partial charge on any atom is 0.267 e. The molecule has 0 radical (unpaired) electrons. The smallest absolute Gasteiger partial charge is 0.267 e. The second-order valence-corrected chi connectivity index (χ2v) is 6.49. The first-order chi connectivity index (χ1) is 11.5. The van der Waals surface area contributed by atoms with Crippen LogP contribution in [0.4, 0.5) is 5.69 Å². The van der Waals surface area contributed by atoms with E-state index < -0.39 is 0 Å². The summed E-state index contributed by atoms with van der Waals surface area (Å²) in [6.07, 6.45) is 5.15. The van der Waals surface area contributed by atoms with Crippen LogP contribution in [-0.2, 0) is 24.2 Å². The van der Waals surface area contributed by atoms with Gasteiger partial charge >= 0.3 is 0 Å². The van der Waals surface area contributed by atoms with Gasteiger partial charge in [0.25, 0.3) is 5.56 Å². The number of rotatable bonds is 3. The first kappa shape index (κ1) is 16.4. The Kier molecular flexibility index (Phi) is 4.79. The molecule has 1 aromatic carbocycles. The summed E-state index contributed by atoms with van der Waals surface area (Å²) in [6, 6.07) is 7.52. The van der Waals surface area contributed by atoms with E-state index in [2.05, 4.69) is 10.4 Å². The van der Waals surface area contributed by atoms with Crippen LogP contribution in [0.5, 0.6) is 0 Å². The molecule has 1 aliphatic carbocycles. The molecule has 5 nitrogen and oxygen atoms in total. The zero-order valence-electron chi connectivity index (χ0n) is 14.3. The van der Waals surface area contributed by atoms with Crippen LogP contribution in [0.2, 0.25) is 0 Å². The lowest BCUT2D eigenvalue weighted by Crippen LogP contribution is -2.31. The topological polar surface area (TPSA) is 64.0 Å². The zero-order chi connectivity index (χ0) is 17.1. The van der Waals surface area contributed by atoms with Gasteiger partial charge in [0.2, 0.25) is 5.91 Å². The molecule has 126 valence electrons. The summed E-state index contributed by atoms with van der Waals surface area (Å²) in [5, 5.41) is 7.35. The number of aryl methyl sites for hydroxylation is 4. The molecule has 3 rings (SSSR count). The van der Waals surface area contributed by atoms with Gasteiger partial charge in [0, 0.05) is 11.8 Å². The van der Waals surface area contributed by atoms with E-state index in [0.29, 0.717) is 0 Å². The molecule has 1 aromatic heterocycles. The summed E-state index contributed by atoms with van der Waals surface area (Å²) >= 11 is 0. The van der Waals surface area contributed by atoms with E-state index in [1.54, 1.807) is 6.07 Å². The number of hydrogen-bond acceptors (Lipinski definition) is 3. The van der Waals surface area contributed by atoms with Crippen molar-refractivity contribution >= 4 is 11.6 Å². The van der Waals surface area contributed by atoms with Gasteiger partial charge in [0.05, 0.1) is 5.69 Å². The Morgan fingerprint density at radius 2 is 1.88 bits per heavy atom. The summed E-state index contributed by atoms with van der Waals surface area (Å²) in [4.78, 5) is 24.6. The van der Waals surface area contributed by atoms with Crippen molar-refractivity contribution in [2.75, 3.05) is 5.32 Å². The molecule has 0 unspecified atom stereocenters. The SMILES string of the molecule is Cc1cccc(C)c1NC(=O)Cn1nc2c(cc1=O)CCCCC2. The average molecular weight is 325 g/mol. The molecule has 1 N–H and O–H groups in total. The van der Waals surface area contributed by atoms with Gasteiger partial charge in [-0.1, -0.05) is 24.6 Å². The van der Waals surface area contributed by atoms with Crippen LogP contribution in [-0.4, -0.2) is 15.7 Å². The van der Waals surface area contributed by atoms with Crippen molar-refractivity contribution in [1.82, 2.24) is 9.78 Å². The predicted molar refractivity (Wildman–Crippen MR) is 94.3 cm³/mol. The summed E-state index contributed by atoms with van der Waals surface area (Å²) in [5.74, 6) is -0.226. The van der Waals surface area contributed by atoms with Crippen molar-refractivity contribution < 1.29 is 4.79 Å². The fourth-order valence-electron chi connectivity index (χ4n) is 3.22. The molecule has 1 aliphatic rings. The van der Waals surface area contributed by atoms with Gasteiger partial charge in [0.15, 0.2) is 0 Å². The fraction of sp³-hybridized carbons (Fsp3) is 0.421. The number of para-hydroxylation sites is 1. The molecule has 24 heavy (non-hydrogen) atoms. The maximum atomic E-state index is 12.4. The lowest BCUT2D eigenvalue weighted by Gasteiger charge is -2.13. The number of fused-ring (bicyclic) bond motifs is 1. The van der Waals surface area contributed by atoms with Crippen molar-refractivity contribution in [2.45, 2.75) is 52.5 Å². The molecule has 5 heteroatoms. The molecule has 0 saturated carbocycles. The first-order valence-corrected chi connectivity index (χ1v) is 8.50. The standard InChI is InChI=1S/C19H23N3O2/c1-13-7-6-8-14(2)19(13)20-17(23)12-22-18(24)11-15-9-4-3-5-10-16(15)21-22/h6-8,11H,3-5,9-10,12H2,1-2H3,(H,20,23). The Balaban J connectivity index is 1.80. The van der Waals surface area contributed by atoms with E-state index in [-0.39, 0.29) is 18.0 Å². The molecule has 0 spiro atoms. The minimum absolute atomic E-state index is 0.0557. The summed E-state index contributed by atoms with van der Waals surface area (Å²) in [5.41, 5.74) is 4.63. The highest BCUT2D eigenvalue weighted by atomic mass is 16.2. The van der Waals surface area contributed by atoms with Crippen molar-refractivity contribution in [2.24, 2.45) is 0 Å². The zero-order valence-corrected chi connectivity index (χ0v) is 14.3. The molecular formula is C19H23N3O2. The fourth-order valence-corrected chi connectivity index (χ4v) is 3.22. The molecule has 0 saturated heterocycles. The number of aromatic nitrogens is 2. The third-order valence-corrected chi connectivity index (χ3v) is 4.56. The molecule has 0 atom stereocenters. The van der Waals surface area contributed by atoms with Gasteiger partial charge < -0.3 is 5.32 Å². The van der Waals surface area contributed by atoms with E-state index >= 15 is 0 Å².